The van der Waals surface area contributed by atoms with Crippen molar-refractivity contribution in [3.63, 3.8) is 0 Å². The van der Waals surface area contributed by atoms with Gasteiger partial charge in [0.05, 0.1) is 12.4 Å². The minimum absolute atomic E-state index is 0.0623. The number of hydrogen-bond donors (Lipinski definition) is 3. The molecule has 1 aromatic rings. The SMILES string of the molecule is CCC(C(N)=NO)N1CCN(c2nc[nH]c(=O)c2Br)CC1. The standard InChI is InChI=1S/C12H19BrN6O2/c1-2-8(10(14)17-21)18-3-5-19(6-4-18)11-9(13)12(20)16-7-15-11/h7-8,21H,2-6H2,1H3,(H2,14,17)(H,15,16,20). The van der Waals surface area contributed by atoms with Gasteiger partial charge in [0.2, 0.25) is 0 Å². The van der Waals surface area contributed by atoms with Crippen LogP contribution in [-0.2, 0) is 0 Å². The number of rotatable bonds is 4. The molecule has 1 saturated heterocycles. The van der Waals surface area contributed by atoms with Gasteiger partial charge in [0.25, 0.3) is 5.56 Å². The van der Waals surface area contributed by atoms with Crippen LogP contribution in [0.25, 0.3) is 0 Å². The summed E-state index contributed by atoms with van der Waals surface area (Å²) in [6, 6.07) is -0.0623. The first-order valence-corrected chi connectivity index (χ1v) is 7.57. The fraction of sp³-hybridized carbons (Fsp3) is 0.583. The highest BCUT2D eigenvalue weighted by Gasteiger charge is 2.27. The Labute approximate surface area is 130 Å². The van der Waals surface area contributed by atoms with Crippen LogP contribution in [0.4, 0.5) is 5.82 Å². The maximum atomic E-state index is 11.6. The van der Waals surface area contributed by atoms with Crippen molar-refractivity contribution in [1.29, 1.82) is 0 Å². The van der Waals surface area contributed by atoms with Crippen molar-refractivity contribution in [2.75, 3.05) is 31.1 Å². The Kier molecular flexibility index (Phi) is 5.18. The summed E-state index contributed by atoms with van der Waals surface area (Å²) >= 11 is 3.27. The first-order valence-electron chi connectivity index (χ1n) is 6.78. The molecule has 0 saturated carbocycles. The maximum absolute atomic E-state index is 11.6. The van der Waals surface area contributed by atoms with Gasteiger partial charge in [-0.25, -0.2) is 4.98 Å². The smallest absolute Gasteiger partial charge is 0.267 e. The summed E-state index contributed by atoms with van der Waals surface area (Å²) in [4.78, 5) is 22.6. The lowest BCUT2D eigenvalue weighted by molar-refractivity contribution is 0.215. The van der Waals surface area contributed by atoms with E-state index in [1.165, 1.54) is 6.33 Å². The Hall–Kier alpha value is -1.61. The second kappa shape index (κ2) is 6.90. The van der Waals surface area contributed by atoms with Crippen LogP contribution in [0.5, 0.6) is 0 Å². The minimum atomic E-state index is -0.189. The molecule has 9 heteroatoms. The summed E-state index contributed by atoms with van der Waals surface area (Å²) in [5.74, 6) is 0.886. The van der Waals surface area contributed by atoms with E-state index in [1.54, 1.807) is 0 Å². The van der Waals surface area contributed by atoms with Gasteiger partial charge in [-0.05, 0) is 22.4 Å². The monoisotopic (exact) mass is 358 g/mol. The van der Waals surface area contributed by atoms with Crippen molar-refractivity contribution in [1.82, 2.24) is 14.9 Å². The lowest BCUT2D eigenvalue weighted by Crippen LogP contribution is -2.54. The van der Waals surface area contributed by atoms with Crippen LogP contribution in [0.15, 0.2) is 20.8 Å². The third-order valence-corrected chi connectivity index (χ3v) is 4.39. The van der Waals surface area contributed by atoms with E-state index in [0.29, 0.717) is 10.3 Å². The van der Waals surface area contributed by atoms with Gasteiger partial charge in [-0.1, -0.05) is 12.1 Å². The number of amidine groups is 1. The predicted molar refractivity (Wildman–Crippen MR) is 83.8 cm³/mol. The first kappa shape index (κ1) is 15.8. The van der Waals surface area contributed by atoms with Crippen molar-refractivity contribution in [3.8, 4) is 0 Å². The molecule has 0 radical (unpaired) electrons. The zero-order valence-corrected chi connectivity index (χ0v) is 13.4. The molecule has 0 bridgehead atoms. The average molecular weight is 359 g/mol. The first-order chi connectivity index (χ1) is 10.1. The van der Waals surface area contributed by atoms with E-state index < -0.39 is 0 Å². The lowest BCUT2D eigenvalue weighted by Gasteiger charge is -2.39. The van der Waals surface area contributed by atoms with Crippen molar-refractivity contribution >= 4 is 27.6 Å². The minimum Gasteiger partial charge on any atom is -0.409 e. The molecule has 1 aliphatic rings. The number of nitrogens with two attached hydrogens (primary N) is 1. The number of aromatic nitrogens is 2. The summed E-state index contributed by atoms with van der Waals surface area (Å²) < 4.78 is 0.446. The number of nitrogens with zero attached hydrogens (tertiary/aromatic N) is 4. The molecule has 116 valence electrons. The molecule has 0 spiro atoms. The Morgan fingerprint density at radius 1 is 1.57 bits per heavy atom. The lowest BCUT2D eigenvalue weighted by atomic mass is 10.1. The molecule has 1 aromatic heterocycles. The van der Waals surface area contributed by atoms with Crippen molar-refractivity contribution in [3.05, 3.63) is 21.2 Å². The molecule has 21 heavy (non-hydrogen) atoms. The number of oxime groups is 1. The Balaban J connectivity index is 2.06. The topological polar surface area (TPSA) is 111 Å². The van der Waals surface area contributed by atoms with E-state index in [1.807, 2.05) is 6.92 Å². The second-order valence-corrected chi connectivity index (χ2v) is 5.63. The fourth-order valence-electron chi connectivity index (χ4n) is 2.56. The van der Waals surface area contributed by atoms with E-state index in [9.17, 15) is 4.79 Å². The molecule has 0 amide bonds. The number of aromatic amines is 1. The van der Waals surface area contributed by atoms with Crippen LogP contribution >= 0.6 is 15.9 Å². The van der Waals surface area contributed by atoms with Crippen LogP contribution < -0.4 is 16.2 Å². The van der Waals surface area contributed by atoms with Crippen molar-refractivity contribution in [2.45, 2.75) is 19.4 Å². The van der Waals surface area contributed by atoms with Gasteiger partial charge in [-0.2, -0.15) is 0 Å². The van der Waals surface area contributed by atoms with Gasteiger partial charge in [0.1, 0.15) is 10.3 Å². The molecule has 1 aliphatic heterocycles. The van der Waals surface area contributed by atoms with Gasteiger partial charge < -0.3 is 20.8 Å². The summed E-state index contributed by atoms with van der Waals surface area (Å²) in [7, 11) is 0. The summed E-state index contributed by atoms with van der Waals surface area (Å²) in [5.41, 5.74) is 5.54. The number of H-pyrrole nitrogens is 1. The molecule has 0 aromatic carbocycles. The third kappa shape index (κ3) is 3.35. The molecule has 2 heterocycles. The molecule has 8 nitrogen and oxygen atoms in total. The zero-order chi connectivity index (χ0) is 15.4. The fourth-order valence-corrected chi connectivity index (χ4v) is 3.03. The van der Waals surface area contributed by atoms with Crippen molar-refractivity contribution < 1.29 is 5.21 Å². The summed E-state index contributed by atoms with van der Waals surface area (Å²) in [6.45, 7) is 4.98. The van der Waals surface area contributed by atoms with Gasteiger partial charge in [-0.15, -0.1) is 0 Å². The Morgan fingerprint density at radius 3 is 2.81 bits per heavy atom. The molecule has 0 aliphatic carbocycles. The van der Waals surface area contributed by atoms with Crippen LogP contribution in [0.3, 0.4) is 0 Å². The number of hydrogen-bond acceptors (Lipinski definition) is 6. The van der Waals surface area contributed by atoms with Crippen LogP contribution in [0.1, 0.15) is 13.3 Å². The van der Waals surface area contributed by atoms with Crippen LogP contribution in [0, 0.1) is 0 Å². The van der Waals surface area contributed by atoms with Crippen LogP contribution in [-0.4, -0.2) is 58.1 Å². The Bertz CT molecular complexity index is 567. The van der Waals surface area contributed by atoms with Gasteiger partial charge in [0.15, 0.2) is 5.84 Å². The van der Waals surface area contributed by atoms with E-state index in [2.05, 4.69) is 40.9 Å². The third-order valence-electron chi connectivity index (χ3n) is 3.68. The highest BCUT2D eigenvalue weighted by atomic mass is 79.9. The highest BCUT2D eigenvalue weighted by molar-refractivity contribution is 9.10. The zero-order valence-electron chi connectivity index (χ0n) is 11.8. The molecule has 1 atom stereocenters. The molecular formula is C12H19BrN6O2. The molecule has 1 unspecified atom stereocenters. The van der Waals surface area contributed by atoms with E-state index in [4.69, 9.17) is 10.9 Å². The Morgan fingerprint density at radius 2 is 2.24 bits per heavy atom. The largest absolute Gasteiger partial charge is 0.409 e. The highest BCUT2D eigenvalue weighted by Crippen LogP contribution is 2.21. The normalized spacial score (nSPS) is 18.8. The summed E-state index contributed by atoms with van der Waals surface area (Å²) in [5, 5.41) is 11.9. The van der Waals surface area contributed by atoms with Crippen molar-refractivity contribution in [2.24, 2.45) is 10.9 Å². The van der Waals surface area contributed by atoms with E-state index >= 15 is 0 Å². The quantitative estimate of drug-likeness (QED) is 0.306. The van der Waals surface area contributed by atoms with E-state index in [-0.39, 0.29) is 17.4 Å². The molecule has 1 fully saturated rings. The number of nitrogens with one attached hydrogen (secondary N) is 1. The average Bonchev–Trinajstić information content (AvgIpc) is 2.51. The molecular weight excluding hydrogens is 340 g/mol. The maximum Gasteiger partial charge on any atom is 0.267 e. The number of halogens is 1. The molecule has 4 N–H and O–H groups in total. The van der Waals surface area contributed by atoms with E-state index in [0.717, 1.165) is 32.6 Å². The van der Waals surface area contributed by atoms with Crippen LogP contribution in [0.2, 0.25) is 0 Å². The number of piperazine rings is 1. The summed E-state index contributed by atoms with van der Waals surface area (Å²) in [6.07, 6.45) is 2.18. The second-order valence-electron chi connectivity index (χ2n) is 4.84. The number of anilines is 1. The van der Waals surface area contributed by atoms with Gasteiger partial charge in [-0.3, -0.25) is 9.69 Å². The van der Waals surface area contributed by atoms with Gasteiger partial charge in [0, 0.05) is 26.2 Å². The molecule has 2 rings (SSSR count). The predicted octanol–water partition coefficient (Wildman–Crippen LogP) is 0.179. The van der Waals surface area contributed by atoms with Gasteiger partial charge >= 0.3 is 0 Å².